The van der Waals surface area contributed by atoms with Gasteiger partial charge in [-0.3, -0.25) is 4.79 Å². The third-order valence-corrected chi connectivity index (χ3v) is 1.86. The van der Waals surface area contributed by atoms with Crippen LogP contribution in [0.4, 0.5) is 0 Å². The van der Waals surface area contributed by atoms with Crippen molar-refractivity contribution in [2.75, 3.05) is 0 Å². The Morgan fingerprint density at radius 2 is 2.08 bits per heavy atom. The Kier molecular flexibility index (Phi) is 3.26. The summed E-state index contributed by atoms with van der Waals surface area (Å²) in [6.07, 6.45) is 0.701. The Morgan fingerprint density at radius 3 is 2.54 bits per heavy atom. The Labute approximate surface area is 78.3 Å². The van der Waals surface area contributed by atoms with Crippen LogP contribution < -0.4 is 5.32 Å². The predicted molar refractivity (Wildman–Crippen MR) is 53.2 cm³/mol. The van der Waals surface area contributed by atoms with E-state index in [9.17, 15) is 4.79 Å². The van der Waals surface area contributed by atoms with Crippen LogP contribution in [0.25, 0.3) is 0 Å². The largest absolute Gasteiger partial charge is 0.348 e. The number of rotatable bonds is 4. The van der Waals surface area contributed by atoms with Gasteiger partial charge in [0.15, 0.2) is 0 Å². The van der Waals surface area contributed by atoms with Crippen molar-refractivity contribution in [2.24, 2.45) is 0 Å². The molecule has 1 atom stereocenters. The third-order valence-electron chi connectivity index (χ3n) is 1.86. The van der Waals surface area contributed by atoms with Crippen molar-refractivity contribution in [3.8, 4) is 0 Å². The molecule has 0 aliphatic rings. The highest BCUT2D eigenvalue weighted by Gasteiger charge is 2.09. The average Bonchev–Trinajstić information content (AvgIpc) is 2.15. The molecule has 13 heavy (non-hydrogen) atoms. The maximum Gasteiger partial charge on any atom is 0.207 e. The smallest absolute Gasteiger partial charge is 0.207 e. The first-order valence-corrected chi connectivity index (χ1v) is 4.15. The molecule has 0 heterocycles. The van der Waals surface area contributed by atoms with Gasteiger partial charge in [0.2, 0.25) is 6.41 Å². The second-order valence-electron chi connectivity index (χ2n) is 2.97. The molecule has 2 heteroatoms. The van der Waals surface area contributed by atoms with E-state index in [0.717, 1.165) is 11.1 Å². The summed E-state index contributed by atoms with van der Waals surface area (Å²) in [5.74, 6) is 0. The molecule has 1 N–H and O–H groups in total. The van der Waals surface area contributed by atoms with E-state index in [-0.39, 0.29) is 6.04 Å². The Morgan fingerprint density at radius 1 is 1.46 bits per heavy atom. The van der Waals surface area contributed by atoms with E-state index >= 15 is 0 Å². The molecular formula is C11H13NO. The van der Waals surface area contributed by atoms with Gasteiger partial charge in [-0.2, -0.15) is 0 Å². The number of amides is 1. The third kappa shape index (κ3) is 2.44. The lowest BCUT2D eigenvalue weighted by Crippen LogP contribution is -2.19. The molecule has 1 amide bonds. The Hall–Kier alpha value is -1.57. The maximum atomic E-state index is 10.3. The van der Waals surface area contributed by atoms with Crippen molar-refractivity contribution >= 4 is 6.41 Å². The lowest BCUT2D eigenvalue weighted by atomic mass is 10.0. The standard InChI is InChI=1S/C11H13NO/c1-9(2)11(12-8-13)10-6-4-3-5-7-10/h3-8,11H,1H2,2H3,(H,12,13)/t11-/m1/s1. The number of hydrogen-bond donors (Lipinski definition) is 1. The highest BCUT2D eigenvalue weighted by molar-refractivity contribution is 5.49. The zero-order chi connectivity index (χ0) is 9.68. The summed E-state index contributed by atoms with van der Waals surface area (Å²) in [5.41, 5.74) is 1.99. The number of benzene rings is 1. The van der Waals surface area contributed by atoms with E-state index in [1.54, 1.807) is 0 Å². The van der Waals surface area contributed by atoms with E-state index in [1.807, 2.05) is 37.3 Å². The number of carbonyl (C=O) groups excluding carboxylic acids is 1. The SMILES string of the molecule is C=C(C)[C@@H](NC=O)c1ccccc1. The van der Waals surface area contributed by atoms with Crippen LogP contribution >= 0.6 is 0 Å². The molecule has 0 aromatic heterocycles. The van der Waals surface area contributed by atoms with Crippen molar-refractivity contribution in [1.29, 1.82) is 0 Å². The minimum absolute atomic E-state index is 0.0706. The van der Waals surface area contributed by atoms with Crippen LogP contribution in [-0.2, 0) is 4.79 Å². The highest BCUT2D eigenvalue weighted by atomic mass is 16.1. The number of carbonyl (C=O) groups is 1. The van der Waals surface area contributed by atoms with Gasteiger partial charge in [-0.15, -0.1) is 0 Å². The van der Waals surface area contributed by atoms with Crippen LogP contribution in [-0.4, -0.2) is 6.41 Å². The van der Waals surface area contributed by atoms with Crippen molar-refractivity contribution in [1.82, 2.24) is 5.32 Å². The van der Waals surface area contributed by atoms with E-state index in [4.69, 9.17) is 0 Å². The fourth-order valence-corrected chi connectivity index (χ4v) is 1.24. The molecule has 1 rings (SSSR count). The molecular weight excluding hydrogens is 162 g/mol. The molecule has 0 saturated heterocycles. The van der Waals surface area contributed by atoms with Gasteiger partial charge in [0, 0.05) is 0 Å². The van der Waals surface area contributed by atoms with Gasteiger partial charge in [0.05, 0.1) is 6.04 Å². The summed E-state index contributed by atoms with van der Waals surface area (Å²) in [5, 5.41) is 2.72. The summed E-state index contributed by atoms with van der Waals surface area (Å²) >= 11 is 0. The lowest BCUT2D eigenvalue weighted by Gasteiger charge is -2.15. The molecule has 0 unspecified atom stereocenters. The fraction of sp³-hybridized carbons (Fsp3) is 0.182. The minimum atomic E-state index is -0.0706. The van der Waals surface area contributed by atoms with Gasteiger partial charge in [-0.1, -0.05) is 42.5 Å². The molecule has 0 fully saturated rings. The number of hydrogen-bond acceptors (Lipinski definition) is 1. The van der Waals surface area contributed by atoms with Crippen molar-refractivity contribution in [3.05, 3.63) is 48.0 Å². The zero-order valence-electron chi connectivity index (χ0n) is 7.66. The predicted octanol–water partition coefficient (Wildman–Crippen LogP) is 2.05. The molecule has 0 saturated carbocycles. The first kappa shape index (κ1) is 9.52. The Balaban J connectivity index is 2.88. The molecule has 2 nitrogen and oxygen atoms in total. The summed E-state index contributed by atoms with van der Waals surface area (Å²) < 4.78 is 0. The highest BCUT2D eigenvalue weighted by Crippen LogP contribution is 2.18. The minimum Gasteiger partial charge on any atom is -0.348 e. The molecule has 68 valence electrons. The molecule has 0 bridgehead atoms. The van der Waals surface area contributed by atoms with Gasteiger partial charge in [-0.05, 0) is 12.5 Å². The van der Waals surface area contributed by atoms with Crippen LogP contribution in [0.2, 0.25) is 0 Å². The Bertz CT molecular complexity index is 292. The monoisotopic (exact) mass is 175 g/mol. The van der Waals surface area contributed by atoms with Crippen LogP contribution in [0.15, 0.2) is 42.5 Å². The number of nitrogens with one attached hydrogen (secondary N) is 1. The van der Waals surface area contributed by atoms with Crippen molar-refractivity contribution in [3.63, 3.8) is 0 Å². The normalized spacial score (nSPS) is 11.8. The van der Waals surface area contributed by atoms with Gasteiger partial charge in [-0.25, -0.2) is 0 Å². The van der Waals surface area contributed by atoms with Gasteiger partial charge >= 0.3 is 0 Å². The summed E-state index contributed by atoms with van der Waals surface area (Å²) in [6.45, 7) is 5.73. The van der Waals surface area contributed by atoms with Crippen molar-refractivity contribution < 1.29 is 4.79 Å². The summed E-state index contributed by atoms with van der Waals surface area (Å²) in [6, 6.07) is 9.69. The van der Waals surface area contributed by atoms with Crippen molar-refractivity contribution in [2.45, 2.75) is 13.0 Å². The summed E-state index contributed by atoms with van der Waals surface area (Å²) in [4.78, 5) is 10.3. The van der Waals surface area contributed by atoms with Crippen LogP contribution in [0.5, 0.6) is 0 Å². The van der Waals surface area contributed by atoms with Crippen LogP contribution in [0.3, 0.4) is 0 Å². The van der Waals surface area contributed by atoms with Gasteiger partial charge in [0.25, 0.3) is 0 Å². The molecule has 0 radical (unpaired) electrons. The second kappa shape index (κ2) is 4.45. The van der Waals surface area contributed by atoms with E-state index in [1.165, 1.54) is 0 Å². The molecule has 0 aliphatic heterocycles. The molecule has 1 aromatic rings. The summed E-state index contributed by atoms with van der Waals surface area (Å²) in [7, 11) is 0. The molecule has 1 aromatic carbocycles. The van der Waals surface area contributed by atoms with Gasteiger partial charge < -0.3 is 5.32 Å². The fourth-order valence-electron chi connectivity index (χ4n) is 1.24. The second-order valence-corrected chi connectivity index (χ2v) is 2.97. The molecule has 0 aliphatic carbocycles. The first-order valence-electron chi connectivity index (χ1n) is 4.15. The topological polar surface area (TPSA) is 29.1 Å². The average molecular weight is 175 g/mol. The maximum absolute atomic E-state index is 10.3. The van der Waals surface area contributed by atoms with E-state index < -0.39 is 0 Å². The zero-order valence-corrected chi connectivity index (χ0v) is 7.66. The lowest BCUT2D eigenvalue weighted by molar-refractivity contribution is -0.110. The van der Waals surface area contributed by atoms with Crippen LogP contribution in [0, 0.1) is 0 Å². The van der Waals surface area contributed by atoms with E-state index in [0.29, 0.717) is 6.41 Å². The first-order chi connectivity index (χ1) is 6.25. The molecule has 0 spiro atoms. The quantitative estimate of drug-likeness (QED) is 0.550. The van der Waals surface area contributed by atoms with E-state index in [2.05, 4.69) is 11.9 Å². The van der Waals surface area contributed by atoms with Crippen LogP contribution in [0.1, 0.15) is 18.5 Å². The van der Waals surface area contributed by atoms with Gasteiger partial charge in [0.1, 0.15) is 0 Å².